The summed E-state index contributed by atoms with van der Waals surface area (Å²) >= 11 is 3.44. The third-order valence-corrected chi connectivity index (χ3v) is 4.75. The molecule has 0 amide bonds. The van der Waals surface area contributed by atoms with E-state index in [-0.39, 0.29) is 12.1 Å². The first-order valence-corrected chi connectivity index (χ1v) is 9.42. The number of hydrogen-bond acceptors (Lipinski definition) is 7. The molecule has 1 unspecified atom stereocenters. The van der Waals surface area contributed by atoms with E-state index in [4.69, 9.17) is 14.0 Å². The van der Waals surface area contributed by atoms with Crippen molar-refractivity contribution in [2.24, 2.45) is 0 Å². The van der Waals surface area contributed by atoms with Crippen molar-refractivity contribution >= 4 is 21.9 Å². The predicted molar refractivity (Wildman–Crippen MR) is 98.3 cm³/mol. The molecule has 1 aromatic carbocycles. The van der Waals surface area contributed by atoms with E-state index in [0.717, 1.165) is 36.0 Å². The van der Waals surface area contributed by atoms with Crippen molar-refractivity contribution in [3.05, 3.63) is 34.6 Å². The molecule has 7 nitrogen and oxygen atoms in total. The molecule has 0 bridgehead atoms. The fraction of sp³-hybridized carbons (Fsp3) is 0.500. The van der Waals surface area contributed by atoms with Crippen molar-refractivity contribution in [1.29, 1.82) is 0 Å². The average molecular weight is 424 g/mol. The summed E-state index contributed by atoms with van der Waals surface area (Å²) in [5.74, 6) is 0.830. The van der Waals surface area contributed by atoms with Crippen molar-refractivity contribution in [1.82, 2.24) is 15.0 Å². The van der Waals surface area contributed by atoms with Crippen LogP contribution in [0.15, 0.2) is 33.3 Å². The second-order valence-electron chi connectivity index (χ2n) is 6.22. The Hall–Kier alpha value is -1.77. The van der Waals surface area contributed by atoms with Gasteiger partial charge in [0.25, 0.3) is 0 Å². The molecule has 1 aromatic heterocycles. The number of methoxy groups -OCH3 is 1. The van der Waals surface area contributed by atoms with Gasteiger partial charge in [-0.2, -0.15) is 4.98 Å². The molecule has 0 spiro atoms. The number of rotatable bonds is 8. The maximum absolute atomic E-state index is 11.5. The minimum absolute atomic E-state index is 0.181. The van der Waals surface area contributed by atoms with Crippen molar-refractivity contribution < 1.29 is 18.8 Å². The molecule has 1 atom stereocenters. The first-order valence-electron chi connectivity index (χ1n) is 8.63. The zero-order chi connectivity index (χ0) is 18.4. The standard InChI is InChI=1S/C18H22BrN3O4/c1-24-17(23)7-8-22(11-15-6-3-9-25-15)12-16-20-18(21-26-16)13-4-2-5-14(19)10-13/h2,4-5,10,15H,3,6-9,11-12H2,1H3. The van der Waals surface area contributed by atoms with Gasteiger partial charge in [0.1, 0.15) is 0 Å². The molecule has 1 aliphatic heterocycles. The maximum atomic E-state index is 11.5. The quantitative estimate of drug-likeness (QED) is 0.603. The van der Waals surface area contributed by atoms with Crippen LogP contribution in [0.4, 0.5) is 0 Å². The summed E-state index contributed by atoms with van der Waals surface area (Å²) in [7, 11) is 1.40. The molecule has 140 valence electrons. The zero-order valence-corrected chi connectivity index (χ0v) is 16.3. The Balaban J connectivity index is 1.66. The topological polar surface area (TPSA) is 77.7 Å². The van der Waals surface area contributed by atoms with E-state index >= 15 is 0 Å². The minimum atomic E-state index is -0.234. The zero-order valence-electron chi connectivity index (χ0n) is 14.7. The van der Waals surface area contributed by atoms with E-state index in [9.17, 15) is 4.79 Å². The molecule has 3 rings (SSSR count). The highest BCUT2D eigenvalue weighted by Gasteiger charge is 2.22. The number of aromatic nitrogens is 2. The number of benzene rings is 1. The van der Waals surface area contributed by atoms with Crippen LogP contribution in [-0.2, 0) is 20.8 Å². The molecule has 0 aliphatic carbocycles. The van der Waals surface area contributed by atoms with Gasteiger partial charge in [0.2, 0.25) is 11.7 Å². The largest absolute Gasteiger partial charge is 0.469 e. The number of carbonyl (C=O) groups is 1. The van der Waals surface area contributed by atoms with Crippen molar-refractivity contribution in [2.45, 2.75) is 31.9 Å². The minimum Gasteiger partial charge on any atom is -0.469 e. The SMILES string of the molecule is COC(=O)CCN(Cc1nc(-c2cccc(Br)c2)no1)CC1CCCO1. The number of carbonyl (C=O) groups excluding carboxylic acids is 1. The Morgan fingerprint density at radius 2 is 2.35 bits per heavy atom. The lowest BCUT2D eigenvalue weighted by molar-refractivity contribution is -0.141. The lowest BCUT2D eigenvalue weighted by Crippen LogP contribution is -2.33. The van der Waals surface area contributed by atoms with E-state index in [1.165, 1.54) is 7.11 Å². The highest BCUT2D eigenvalue weighted by atomic mass is 79.9. The molecule has 0 saturated carbocycles. The first kappa shape index (κ1) is 19.0. The van der Waals surface area contributed by atoms with Crippen LogP contribution in [0.1, 0.15) is 25.2 Å². The third kappa shape index (κ3) is 5.36. The molecule has 1 aliphatic rings. The van der Waals surface area contributed by atoms with E-state index < -0.39 is 0 Å². The second kappa shape index (κ2) is 9.25. The molecule has 0 N–H and O–H groups in total. The maximum Gasteiger partial charge on any atom is 0.306 e. The van der Waals surface area contributed by atoms with Crippen molar-refractivity contribution in [3.63, 3.8) is 0 Å². The van der Waals surface area contributed by atoms with Gasteiger partial charge in [0.05, 0.1) is 26.2 Å². The number of nitrogens with zero attached hydrogens (tertiary/aromatic N) is 3. The van der Waals surface area contributed by atoms with Crippen LogP contribution < -0.4 is 0 Å². The summed E-state index contributed by atoms with van der Waals surface area (Å²) in [4.78, 5) is 18.1. The molecular formula is C18H22BrN3O4. The van der Waals surface area contributed by atoms with E-state index in [0.29, 0.717) is 31.2 Å². The molecule has 26 heavy (non-hydrogen) atoms. The smallest absolute Gasteiger partial charge is 0.306 e. The van der Waals surface area contributed by atoms with Gasteiger partial charge in [-0.25, -0.2) is 0 Å². The van der Waals surface area contributed by atoms with Gasteiger partial charge in [0, 0.05) is 29.7 Å². The lowest BCUT2D eigenvalue weighted by Gasteiger charge is -2.23. The van der Waals surface area contributed by atoms with Gasteiger partial charge in [-0.1, -0.05) is 33.2 Å². The molecule has 8 heteroatoms. The van der Waals surface area contributed by atoms with Crippen LogP contribution in [0.2, 0.25) is 0 Å². The fourth-order valence-electron chi connectivity index (χ4n) is 2.92. The van der Waals surface area contributed by atoms with Crippen LogP contribution in [0.5, 0.6) is 0 Å². The summed E-state index contributed by atoms with van der Waals surface area (Å²) in [6.45, 7) is 2.55. The number of halogens is 1. The van der Waals surface area contributed by atoms with Gasteiger partial charge in [-0.15, -0.1) is 0 Å². The number of hydrogen-bond donors (Lipinski definition) is 0. The molecule has 2 heterocycles. The Kier molecular flexibility index (Phi) is 6.76. The molecule has 1 saturated heterocycles. The lowest BCUT2D eigenvalue weighted by atomic mass is 10.2. The Labute approximate surface area is 160 Å². The van der Waals surface area contributed by atoms with Crippen molar-refractivity contribution in [3.8, 4) is 11.4 Å². The van der Waals surface area contributed by atoms with E-state index in [1.54, 1.807) is 0 Å². The van der Waals surface area contributed by atoms with Gasteiger partial charge < -0.3 is 14.0 Å². The highest BCUT2D eigenvalue weighted by molar-refractivity contribution is 9.10. The van der Waals surface area contributed by atoms with Gasteiger partial charge in [0.15, 0.2) is 0 Å². The summed E-state index contributed by atoms with van der Waals surface area (Å²) < 4.78 is 16.8. The second-order valence-corrected chi connectivity index (χ2v) is 7.13. The Bertz CT molecular complexity index is 731. The van der Waals surface area contributed by atoms with Crippen LogP contribution in [0, 0.1) is 0 Å². The number of esters is 1. The average Bonchev–Trinajstić information content (AvgIpc) is 3.31. The van der Waals surface area contributed by atoms with E-state index in [2.05, 4.69) is 31.0 Å². The molecular weight excluding hydrogens is 402 g/mol. The molecule has 1 fully saturated rings. The van der Waals surface area contributed by atoms with Gasteiger partial charge >= 0.3 is 5.97 Å². The molecule has 0 radical (unpaired) electrons. The number of ether oxygens (including phenoxy) is 2. The van der Waals surface area contributed by atoms with Crippen LogP contribution in [-0.4, -0.2) is 53.9 Å². The summed E-state index contributed by atoms with van der Waals surface area (Å²) in [5, 5.41) is 4.07. The summed E-state index contributed by atoms with van der Waals surface area (Å²) in [5.41, 5.74) is 0.884. The van der Waals surface area contributed by atoms with E-state index in [1.807, 2.05) is 24.3 Å². The van der Waals surface area contributed by atoms with Crippen molar-refractivity contribution in [2.75, 3.05) is 26.8 Å². The summed E-state index contributed by atoms with van der Waals surface area (Å²) in [6, 6.07) is 7.74. The third-order valence-electron chi connectivity index (χ3n) is 4.26. The summed E-state index contributed by atoms with van der Waals surface area (Å²) in [6.07, 6.45) is 2.60. The predicted octanol–water partition coefficient (Wildman–Crippen LogP) is 3.04. The van der Waals surface area contributed by atoms with Crippen LogP contribution in [0.25, 0.3) is 11.4 Å². The van der Waals surface area contributed by atoms with Gasteiger partial charge in [-0.3, -0.25) is 9.69 Å². The molecule has 2 aromatic rings. The first-order chi connectivity index (χ1) is 12.6. The Morgan fingerprint density at radius 1 is 1.46 bits per heavy atom. The Morgan fingerprint density at radius 3 is 3.08 bits per heavy atom. The van der Waals surface area contributed by atoms with Crippen LogP contribution in [0.3, 0.4) is 0 Å². The monoisotopic (exact) mass is 423 g/mol. The highest BCUT2D eigenvalue weighted by Crippen LogP contribution is 2.21. The normalized spacial score (nSPS) is 17.0. The fourth-order valence-corrected chi connectivity index (χ4v) is 3.32. The van der Waals surface area contributed by atoms with Gasteiger partial charge in [-0.05, 0) is 25.0 Å². The van der Waals surface area contributed by atoms with Crippen LogP contribution >= 0.6 is 15.9 Å².